The van der Waals surface area contributed by atoms with Crippen molar-refractivity contribution in [3.8, 4) is 28.2 Å². The summed E-state index contributed by atoms with van der Waals surface area (Å²) in [6.07, 6.45) is 1.67. The number of benzene rings is 2. The van der Waals surface area contributed by atoms with Crippen LogP contribution in [0.5, 0.6) is 0 Å². The summed E-state index contributed by atoms with van der Waals surface area (Å²) in [5.74, 6) is 0.523. The molecule has 1 aliphatic heterocycles. The number of carboxylic acid groups (broad SMARTS) is 1. The van der Waals surface area contributed by atoms with Crippen LogP contribution in [0.4, 0.5) is 10.5 Å². The Morgan fingerprint density at radius 3 is 2.63 bits per heavy atom. The van der Waals surface area contributed by atoms with Gasteiger partial charge >= 0.3 is 6.09 Å². The molecule has 13 heteroatoms. The highest BCUT2D eigenvalue weighted by molar-refractivity contribution is 6.31. The Balaban J connectivity index is 1.35. The van der Waals surface area contributed by atoms with Gasteiger partial charge in [0, 0.05) is 33.6 Å². The van der Waals surface area contributed by atoms with E-state index >= 15 is 0 Å². The van der Waals surface area contributed by atoms with Crippen molar-refractivity contribution in [2.24, 2.45) is 0 Å². The molecule has 2 aromatic carbocycles. The summed E-state index contributed by atoms with van der Waals surface area (Å²) in [4.78, 5) is 32.0. The largest absolute Gasteiger partial charge is 0.465 e. The molecule has 0 radical (unpaired) electrons. The van der Waals surface area contributed by atoms with Gasteiger partial charge in [0.05, 0.1) is 17.4 Å². The van der Waals surface area contributed by atoms with Crippen LogP contribution in [-0.4, -0.2) is 45.9 Å². The van der Waals surface area contributed by atoms with Gasteiger partial charge in [0.15, 0.2) is 5.15 Å². The summed E-state index contributed by atoms with van der Waals surface area (Å²) in [6, 6.07) is 15.3. The summed E-state index contributed by atoms with van der Waals surface area (Å²) in [7, 11) is 0. The number of imidazole rings is 1. The SMILES string of the molecule is O=C(O)Nc1ccc(-c2nc(Cl)c(C3CCc4cc(-c5cc(Cl)ccc5-n5cnnn5)cc(=O)n43)[nH]2)cc1. The maximum Gasteiger partial charge on any atom is 0.409 e. The molecule has 1 unspecified atom stereocenters. The molecule has 6 rings (SSSR count). The zero-order chi connectivity index (χ0) is 26.4. The molecule has 38 heavy (non-hydrogen) atoms. The lowest BCUT2D eigenvalue weighted by atomic mass is 10.0. The summed E-state index contributed by atoms with van der Waals surface area (Å²) in [6.45, 7) is 0. The summed E-state index contributed by atoms with van der Waals surface area (Å²) in [5.41, 5.74) is 4.62. The van der Waals surface area contributed by atoms with Crippen LogP contribution in [0.25, 0.3) is 28.2 Å². The van der Waals surface area contributed by atoms with Crippen molar-refractivity contribution in [1.29, 1.82) is 0 Å². The quantitative estimate of drug-likeness (QED) is 0.285. The lowest BCUT2D eigenvalue weighted by Gasteiger charge is -2.15. The first-order valence-electron chi connectivity index (χ1n) is 11.5. The minimum absolute atomic E-state index is 0.182. The van der Waals surface area contributed by atoms with Crippen molar-refractivity contribution < 1.29 is 9.90 Å². The van der Waals surface area contributed by atoms with Crippen LogP contribution in [0.2, 0.25) is 10.2 Å². The molecular weight excluding hydrogens is 531 g/mol. The second-order valence-electron chi connectivity index (χ2n) is 8.71. The van der Waals surface area contributed by atoms with E-state index in [1.54, 1.807) is 53.1 Å². The Morgan fingerprint density at radius 1 is 1.08 bits per heavy atom. The topological polar surface area (TPSA) is 144 Å². The standard InChI is InChI=1S/C25H18Cl2N8O3/c26-15-3-7-19(34-12-28-32-33-34)18(11-15)14-9-17-6-8-20(35(17)21(36)10-14)22-23(27)31-24(30-22)13-1-4-16(5-2-13)29-25(37)38/h1-5,7,9-12,20,29H,6,8H2,(H,30,31)(H,37,38). The van der Waals surface area contributed by atoms with E-state index in [0.29, 0.717) is 46.3 Å². The summed E-state index contributed by atoms with van der Waals surface area (Å²) < 4.78 is 3.25. The van der Waals surface area contributed by atoms with E-state index in [9.17, 15) is 9.59 Å². The number of fused-ring (bicyclic) bond motifs is 1. The van der Waals surface area contributed by atoms with E-state index in [1.807, 2.05) is 6.07 Å². The molecule has 190 valence electrons. The van der Waals surface area contributed by atoms with Gasteiger partial charge in [-0.25, -0.2) is 9.78 Å². The number of nitrogens with zero attached hydrogens (tertiary/aromatic N) is 6. The summed E-state index contributed by atoms with van der Waals surface area (Å²) >= 11 is 12.8. The predicted octanol–water partition coefficient (Wildman–Crippen LogP) is 4.81. The smallest absolute Gasteiger partial charge is 0.409 e. The number of tetrazole rings is 1. The molecule has 0 saturated carbocycles. The molecule has 0 saturated heterocycles. The normalized spacial score (nSPS) is 14.4. The minimum Gasteiger partial charge on any atom is -0.465 e. The lowest BCUT2D eigenvalue weighted by molar-refractivity contribution is 0.209. The van der Waals surface area contributed by atoms with Crippen LogP contribution < -0.4 is 10.9 Å². The van der Waals surface area contributed by atoms with Crippen molar-refractivity contribution in [2.75, 3.05) is 5.32 Å². The molecule has 4 heterocycles. The van der Waals surface area contributed by atoms with Crippen LogP contribution in [0, 0.1) is 0 Å². The Labute approximate surface area is 224 Å². The highest BCUT2D eigenvalue weighted by Gasteiger charge is 2.29. The molecule has 0 fully saturated rings. The van der Waals surface area contributed by atoms with E-state index in [4.69, 9.17) is 28.3 Å². The van der Waals surface area contributed by atoms with E-state index in [1.165, 1.54) is 11.0 Å². The Morgan fingerprint density at radius 2 is 1.89 bits per heavy atom. The Hall–Kier alpha value is -4.48. The zero-order valence-corrected chi connectivity index (χ0v) is 21.0. The number of aromatic amines is 1. The van der Waals surface area contributed by atoms with Gasteiger partial charge in [-0.3, -0.25) is 10.1 Å². The third kappa shape index (κ3) is 4.31. The third-order valence-electron chi connectivity index (χ3n) is 6.43. The van der Waals surface area contributed by atoms with Crippen molar-refractivity contribution in [1.82, 2.24) is 34.7 Å². The minimum atomic E-state index is -1.14. The van der Waals surface area contributed by atoms with Gasteiger partial charge < -0.3 is 14.7 Å². The number of aryl methyl sites for hydroxylation is 1. The van der Waals surface area contributed by atoms with E-state index in [-0.39, 0.29) is 16.8 Å². The average Bonchev–Trinajstić information content (AvgIpc) is 3.64. The second kappa shape index (κ2) is 9.43. The number of halogens is 2. The highest BCUT2D eigenvalue weighted by atomic mass is 35.5. The molecule has 0 spiro atoms. The van der Waals surface area contributed by atoms with Gasteiger partial charge in [-0.05, 0) is 77.4 Å². The number of aromatic nitrogens is 7. The van der Waals surface area contributed by atoms with Crippen LogP contribution in [-0.2, 0) is 6.42 Å². The van der Waals surface area contributed by atoms with Crippen molar-refractivity contribution in [3.63, 3.8) is 0 Å². The van der Waals surface area contributed by atoms with Crippen LogP contribution in [0.1, 0.15) is 23.9 Å². The Kier molecular flexibility index (Phi) is 5.93. The number of pyridine rings is 1. The van der Waals surface area contributed by atoms with E-state index < -0.39 is 6.09 Å². The van der Waals surface area contributed by atoms with Crippen LogP contribution in [0.15, 0.2) is 65.7 Å². The zero-order valence-electron chi connectivity index (χ0n) is 19.5. The lowest BCUT2D eigenvalue weighted by Crippen LogP contribution is -2.23. The molecule has 0 aliphatic carbocycles. The fourth-order valence-corrected chi connectivity index (χ4v) is 5.22. The van der Waals surface area contributed by atoms with Gasteiger partial charge in [0.25, 0.3) is 5.56 Å². The highest BCUT2D eigenvalue weighted by Crippen LogP contribution is 2.37. The number of rotatable bonds is 5. The van der Waals surface area contributed by atoms with Crippen molar-refractivity contribution >= 4 is 35.0 Å². The number of anilines is 1. The molecule has 1 amide bonds. The number of nitrogens with one attached hydrogen (secondary N) is 2. The number of hydrogen-bond acceptors (Lipinski definition) is 6. The Bertz CT molecular complexity index is 1730. The maximum atomic E-state index is 13.4. The molecule has 3 aromatic heterocycles. The van der Waals surface area contributed by atoms with Gasteiger partial charge in [-0.15, -0.1) is 5.10 Å². The van der Waals surface area contributed by atoms with E-state index in [0.717, 1.165) is 16.8 Å². The number of H-pyrrole nitrogens is 1. The molecule has 1 aliphatic rings. The van der Waals surface area contributed by atoms with Crippen LogP contribution >= 0.6 is 23.2 Å². The fraction of sp³-hybridized carbons (Fsp3) is 0.120. The first-order chi connectivity index (χ1) is 18.4. The van der Waals surface area contributed by atoms with Gasteiger partial charge in [-0.1, -0.05) is 23.2 Å². The van der Waals surface area contributed by atoms with Crippen LogP contribution in [0.3, 0.4) is 0 Å². The molecular formula is C25H18Cl2N8O3. The van der Waals surface area contributed by atoms with Gasteiger partial charge in [-0.2, -0.15) is 4.68 Å². The van der Waals surface area contributed by atoms with Gasteiger partial charge in [0.1, 0.15) is 12.2 Å². The monoisotopic (exact) mass is 548 g/mol. The molecule has 3 N–H and O–H groups in total. The fourth-order valence-electron chi connectivity index (χ4n) is 4.79. The summed E-state index contributed by atoms with van der Waals surface area (Å²) in [5, 5.41) is 23.4. The molecule has 0 bridgehead atoms. The first kappa shape index (κ1) is 23.9. The molecule has 11 nitrogen and oxygen atoms in total. The van der Waals surface area contributed by atoms with Gasteiger partial charge in [0.2, 0.25) is 0 Å². The van der Waals surface area contributed by atoms with E-state index in [2.05, 4.69) is 30.8 Å². The first-order valence-corrected chi connectivity index (χ1v) is 12.3. The molecule has 5 aromatic rings. The average molecular weight is 549 g/mol. The number of hydrogen-bond donors (Lipinski definition) is 3. The molecule has 1 atom stereocenters. The number of amides is 1. The third-order valence-corrected chi connectivity index (χ3v) is 6.95. The second-order valence-corrected chi connectivity index (χ2v) is 9.51. The number of carbonyl (C=O) groups is 1. The van der Waals surface area contributed by atoms with Crippen molar-refractivity contribution in [2.45, 2.75) is 18.9 Å². The van der Waals surface area contributed by atoms with Crippen molar-refractivity contribution in [3.05, 3.63) is 92.8 Å². The predicted molar refractivity (Wildman–Crippen MR) is 141 cm³/mol. The maximum absolute atomic E-state index is 13.4.